The third-order valence-electron chi connectivity index (χ3n) is 4.83. The molecule has 0 aliphatic heterocycles. The van der Waals surface area contributed by atoms with Gasteiger partial charge in [0.1, 0.15) is 18.3 Å². The number of hydrogen-bond donors (Lipinski definition) is 1. The minimum atomic E-state index is -3.72. The molecule has 32 heavy (non-hydrogen) atoms. The van der Waals surface area contributed by atoms with Crippen molar-refractivity contribution in [2.45, 2.75) is 39.4 Å². The Morgan fingerprint density at radius 1 is 1.00 bits per heavy atom. The van der Waals surface area contributed by atoms with E-state index < -0.39 is 28.5 Å². The molecule has 0 fully saturated rings. The Morgan fingerprint density at radius 2 is 1.59 bits per heavy atom. The minimum Gasteiger partial charge on any atom is -0.497 e. The summed E-state index contributed by atoms with van der Waals surface area (Å²) in [6.45, 7) is 5.02. The number of sulfonamides is 1. The number of benzene rings is 2. The highest BCUT2D eigenvalue weighted by atomic mass is 32.2. The molecule has 0 saturated heterocycles. The van der Waals surface area contributed by atoms with Crippen molar-refractivity contribution >= 4 is 27.5 Å². The van der Waals surface area contributed by atoms with E-state index in [0.29, 0.717) is 11.4 Å². The van der Waals surface area contributed by atoms with E-state index in [1.54, 1.807) is 68.6 Å². The number of ether oxygens (including phenoxy) is 1. The molecule has 8 nitrogen and oxygen atoms in total. The smallest absolute Gasteiger partial charge is 0.244 e. The Morgan fingerprint density at radius 3 is 2.09 bits per heavy atom. The monoisotopic (exact) mass is 461 g/mol. The second-order valence-corrected chi connectivity index (χ2v) is 9.72. The summed E-state index contributed by atoms with van der Waals surface area (Å²) in [4.78, 5) is 27.4. The molecule has 0 spiro atoms. The lowest BCUT2D eigenvalue weighted by Crippen LogP contribution is -2.52. The number of nitrogens with one attached hydrogen (secondary N) is 1. The van der Waals surface area contributed by atoms with Gasteiger partial charge in [-0.1, -0.05) is 30.3 Å². The fourth-order valence-electron chi connectivity index (χ4n) is 3.12. The van der Waals surface area contributed by atoms with Crippen LogP contribution >= 0.6 is 0 Å². The van der Waals surface area contributed by atoms with E-state index in [4.69, 9.17) is 4.74 Å². The lowest BCUT2D eigenvalue weighted by atomic mass is 10.1. The van der Waals surface area contributed by atoms with E-state index >= 15 is 0 Å². The molecular weight excluding hydrogens is 430 g/mol. The third-order valence-corrected chi connectivity index (χ3v) is 5.97. The standard InChI is InChI=1S/C23H31N3O5S/c1-17(2)24-23(28)18(3)25(15-19-11-13-21(31-4)14-12-19)22(27)16-26(32(5,29)30)20-9-7-6-8-10-20/h6-14,17-18H,15-16H2,1-5H3,(H,24,28)/t18-/m1/s1. The van der Waals surface area contributed by atoms with E-state index in [1.165, 1.54) is 4.90 Å². The van der Waals surface area contributed by atoms with Crippen LogP contribution < -0.4 is 14.4 Å². The molecule has 2 aromatic rings. The van der Waals surface area contributed by atoms with Gasteiger partial charge in [0.2, 0.25) is 21.8 Å². The number of carbonyl (C=O) groups is 2. The molecule has 0 bridgehead atoms. The zero-order valence-electron chi connectivity index (χ0n) is 19.1. The highest BCUT2D eigenvalue weighted by Crippen LogP contribution is 2.19. The Labute approximate surface area is 190 Å². The first kappa shape index (κ1) is 25.2. The molecule has 174 valence electrons. The van der Waals surface area contributed by atoms with E-state index in [9.17, 15) is 18.0 Å². The molecule has 0 unspecified atom stereocenters. The fourth-order valence-corrected chi connectivity index (χ4v) is 3.97. The van der Waals surface area contributed by atoms with Crippen LogP contribution in [0.1, 0.15) is 26.3 Å². The Balaban J connectivity index is 2.35. The number of para-hydroxylation sites is 1. The van der Waals surface area contributed by atoms with Crippen molar-refractivity contribution in [3.63, 3.8) is 0 Å². The molecule has 0 aromatic heterocycles. The summed E-state index contributed by atoms with van der Waals surface area (Å²) in [6, 6.07) is 14.7. The third kappa shape index (κ3) is 6.98. The van der Waals surface area contributed by atoms with Crippen molar-refractivity contribution in [3.8, 4) is 5.75 Å². The van der Waals surface area contributed by atoms with Crippen LogP contribution in [-0.2, 0) is 26.2 Å². The molecule has 2 rings (SSSR count). The molecule has 2 amide bonds. The van der Waals surface area contributed by atoms with Gasteiger partial charge in [-0.2, -0.15) is 0 Å². The molecule has 0 saturated carbocycles. The van der Waals surface area contributed by atoms with E-state index in [-0.39, 0.29) is 18.5 Å². The molecule has 0 aliphatic rings. The van der Waals surface area contributed by atoms with Crippen LogP contribution in [0, 0.1) is 0 Å². The topological polar surface area (TPSA) is 96.0 Å². The van der Waals surface area contributed by atoms with Gasteiger partial charge < -0.3 is 15.0 Å². The summed E-state index contributed by atoms with van der Waals surface area (Å²) in [6.07, 6.45) is 1.05. The molecule has 9 heteroatoms. The average Bonchev–Trinajstić information content (AvgIpc) is 2.75. The van der Waals surface area contributed by atoms with Crippen LogP contribution in [0.4, 0.5) is 5.69 Å². The summed E-state index contributed by atoms with van der Waals surface area (Å²) < 4.78 is 31.1. The van der Waals surface area contributed by atoms with E-state index in [0.717, 1.165) is 16.1 Å². The quantitative estimate of drug-likeness (QED) is 0.586. The predicted molar refractivity (Wildman–Crippen MR) is 125 cm³/mol. The van der Waals surface area contributed by atoms with Crippen molar-refractivity contribution in [1.82, 2.24) is 10.2 Å². The fraction of sp³-hybridized carbons (Fsp3) is 0.391. The number of amides is 2. The van der Waals surface area contributed by atoms with Crippen molar-refractivity contribution in [2.24, 2.45) is 0 Å². The first-order valence-electron chi connectivity index (χ1n) is 10.3. The molecular formula is C23H31N3O5S. The second kappa shape index (κ2) is 11.0. The van der Waals surface area contributed by atoms with Crippen molar-refractivity contribution in [3.05, 3.63) is 60.2 Å². The van der Waals surface area contributed by atoms with Crippen LogP contribution in [0.5, 0.6) is 5.75 Å². The van der Waals surface area contributed by atoms with Crippen LogP contribution in [-0.4, -0.2) is 57.1 Å². The van der Waals surface area contributed by atoms with Gasteiger partial charge in [0.25, 0.3) is 0 Å². The molecule has 0 aliphatic carbocycles. The van der Waals surface area contributed by atoms with Crippen molar-refractivity contribution in [2.75, 3.05) is 24.2 Å². The SMILES string of the molecule is COc1ccc(CN(C(=O)CN(c2ccccc2)S(C)(=O)=O)[C@H](C)C(=O)NC(C)C)cc1. The van der Waals surface area contributed by atoms with E-state index in [2.05, 4.69) is 5.32 Å². The summed E-state index contributed by atoms with van der Waals surface area (Å²) in [5.41, 5.74) is 1.17. The van der Waals surface area contributed by atoms with Crippen LogP contribution in [0.15, 0.2) is 54.6 Å². The number of nitrogens with zero attached hydrogens (tertiary/aromatic N) is 2. The maximum Gasteiger partial charge on any atom is 0.244 e. The lowest BCUT2D eigenvalue weighted by Gasteiger charge is -2.31. The van der Waals surface area contributed by atoms with Crippen LogP contribution in [0.3, 0.4) is 0 Å². The van der Waals surface area contributed by atoms with Crippen molar-refractivity contribution < 1.29 is 22.7 Å². The Bertz CT molecular complexity index is 1010. The second-order valence-electron chi connectivity index (χ2n) is 7.81. The summed E-state index contributed by atoms with van der Waals surface area (Å²) >= 11 is 0. The maximum atomic E-state index is 13.3. The van der Waals surface area contributed by atoms with Gasteiger partial charge >= 0.3 is 0 Å². The molecule has 2 aromatic carbocycles. The van der Waals surface area contributed by atoms with Gasteiger partial charge in [-0.25, -0.2) is 8.42 Å². The Kier molecular flexibility index (Phi) is 8.65. The van der Waals surface area contributed by atoms with Gasteiger partial charge in [-0.15, -0.1) is 0 Å². The minimum absolute atomic E-state index is 0.0975. The van der Waals surface area contributed by atoms with Gasteiger partial charge in [-0.3, -0.25) is 13.9 Å². The van der Waals surface area contributed by atoms with Gasteiger partial charge in [-0.05, 0) is 50.6 Å². The predicted octanol–water partition coefficient (Wildman–Crippen LogP) is 2.40. The van der Waals surface area contributed by atoms with Gasteiger partial charge in [0, 0.05) is 12.6 Å². The molecule has 0 radical (unpaired) electrons. The summed E-state index contributed by atoms with van der Waals surface area (Å²) in [5, 5.41) is 2.81. The number of anilines is 1. The molecule has 1 N–H and O–H groups in total. The number of rotatable bonds is 10. The van der Waals surface area contributed by atoms with Gasteiger partial charge in [0.05, 0.1) is 19.1 Å². The zero-order valence-corrected chi connectivity index (χ0v) is 19.9. The van der Waals surface area contributed by atoms with Crippen LogP contribution in [0.2, 0.25) is 0 Å². The van der Waals surface area contributed by atoms with Crippen molar-refractivity contribution in [1.29, 1.82) is 0 Å². The molecule has 1 atom stereocenters. The average molecular weight is 462 g/mol. The van der Waals surface area contributed by atoms with Gasteiger partial charge in [0.15, 0.2) is 0 Å². The zero-order chi connectivity index (χ0) is 23.9. The van der Waals surface area contributed by atoms with E-state index in [1.807, 2.05) is 13.8 Å². The lowest BCUT2D eigenvalue weighted by molar-refractivity contribution is -0.139. The maximum absolute atomic E-state index is 13.3. The van der Waals surface area contributed by atoms with Crippen LogP contribution in [0.25, 0.3) is 0 Å². The number of methoxy groups -OCH3 is 1. The first-order chi connectivity index (χ1) is 15.0. The summed E-state index contributed by atoms with van der Waals surface area (Å²) in [7, 11) is -2.16. The number of hydrogen-bond acceptors (Lipinski definition) is 5. The summed E-state index contributed by atoms with van der Waals surface area (Å²) in [5.74, 6) is -0.126. The first-order valence-corrected chi connectivity index (χ1v) is 12.1. The molecule has 0 heterocycles. The normalized spacial score (nSPS) is 12.2. The Hall–Kier alpha value is -3.07. The highest BCUT2D eigenvalue weighted by molar-refractivity contribution is 7.92. The largest absolute Gasteiger partial charge is 0.497 e. The number of carbonyl (C=O) groups excluding carboxylic acids is 2. The highest BCUT2D eigenvalue weighted by Gasteiger charge is 2.30.